The predicted molar refractivity (Wildman–Crippen MR) is 119 cm³/mol. The number of benzene rings is 2. The zero-order valence-corrected chi connectivity index (χ0v) is 17.5. The molecule has 156 valence electrons. The van der Waals surface area contributed by atoms with E-state index in [1.54, 1.807) is 18.2 Å². The van der Waals surface area contributed by atoms with Crippen LogP contribution in [0.4, 0.5) is 11.4 Å². The number of thioether (sulfide) groups is 1. The van der Waals surface area contributed by atoms with Gasteiger partial charge in [-0.2, -0.15) is 0 Å². The summed E-state index contributed by atoms with van der Waals surface area (Å²) in [5, 5.41) is 5.65. The number of anilines is 2. The molecule has 3 rings (SSSR count). The smallest absolute Gasteiger partial charge is 0.291 e. The number of ether oxygens (including phenoxy) is 1. The van der Waals surface area contributed by atoms with E-state index in [-0.39, 0.29) is 23.3 Å². The zero-order chi connectivity index (χ0) is 21.2. The van der Waals surface area contributed by atoms with Gasteiger partial charge in [0.1, 0.15) is 5.75 Å². The van der Waals surface area contributed by atoms with Crippen LogP contribution in [0.25, 0.3) is 0 Å². The topological polar surface area (TPSA) is 80.6 Å². The molecule has 0 radical (unpaired) electrons. The minimum atomic E-state index is -0.318. The number of rotatable bonds is 10. The molecule has 0 saturated heterocycles. The Morgan fingerprint density at radius 1 is 1.00 bits per heavy atom. The summed E-state index contributed by atoms with van der Waals surface area (Å²) in [5.74, 6) is 0.870. The third kappa shape index (κ3) is 6.70. The van der Waals surface area contributed by atoms with Crippen LogP contribution in [-0.2, 0) is 4.79 Å². The van der Waals surface area contributed by atoms with Gasteiger partial charge in [-0.1, -0.05) is 19.4 Å². The van der Waals surface area contributed by atoms with Crippen LogP contribution in [0.3, 0.4) is 0 Å². The molecule has 0 atom stereocenters. The Hall–Kier alpha value is -3.19. The van der Waals surface area contributed by atoms with Gasteiger partial charge >= 0.3 is 0 Å². The number of hydrogen-bond donors (Lipinski definition) is 2. The van der Waals surface area contributed by atoms with Gasteiger partial charge in [0.15, 0.2) is 5.76 Å². The normalized spacial score (nSPS) is 10.4. The van der Waals surface area contributed by atoms with E-state index in [0.717, 1.165) is 29.2 Å². The number of carbonyl (C=O) groups is 2. The molecule has 3 aromatic rings. The minimum Gasteiger partial charge on any atom is -0.494 e. The number of carbonyl (C=O) groups excluding carboxylic acids is 2. The van der Waals surface area contributed by atoms with Crippen molar-refractivity contribution in [3.63, 3.8) is 0 Å². The number of furan rings is 1. The first-order chi connectivity index (χ1) is 14.6. The van der Waals surface area contributed by atoms with E-state index in [4.69, 9.17) is 9.15 Å². The molecule has 0 unspecified atom stereocenters. The third-order valence-electron chi connectivity index (χ3n) is 4.11. The summed E-state index contributed by atoms with van der Waals surface area (Å²) in [7, 11) is 0. The lowest BCUT2D eigenvalue weighted by molar-refractivity contribution is -0.113. The highest BCUT2D eigenvalue weighted by Crippen LogP contribution is 2.23. The third-order valence-corrected chi connectivity index (χ3v) is 5.11. The van der Waals surface area contributed by atoms with Crippen molar-refractivity contribution in [3.05, 3.63) is 72.7 Å². The SMILES string of the molecule is CCCCOc1ccc(NC(=O)CSc2cccc(NC(=O)c3ccco3)c2)cc1. The lowest BCUT2D eigenvalue weighted by Gasteiger charge is -2.09. The maximum absolute atomic E-state index is 12.3. The molecular weight excluding hydrogens is 400 g/mol. The monoisotopic (exact) mass is 424 g/mol. The van der Waals surface area contributed by atoms with Crippen LogP contribution >= 0.6 is 11.8 Å². The Bertz CT molecular complexity index is 956. The lowest BCUT2D eigenvalue weighted by atomic mass is 10.3. The summed E-state index contributed by atoms with van der Waals surface area (Å²) < 4.78 is 10.7. The van der Waals surface area contributed by atoms with Crippen molar-refractivity contribution in [1.29, 1.82) is 0 Å². The maximum atomic E-state index is 12.3. The van der Waals surface area contributed by atoms with Gasteiger partial charge in [-0.05, 0) is 61.0 Å². The Labute approximate surface area is 180 Å². The summed E-state index contributed by atoms with van der Waals surface area (Å²) in [4.78, 5) is 25.2. The highest BCUT2D eigenvalue weighted by Gasteiger charge is 2.10. The maximum Gasteiger partial charge on any atom is 0.291 e. The van der Waals surface area contributed by atoms with Crippen LogP contribution in [0.15, 0.2) is 76.2 Å². The molecule has 0 saturated carbocycles. The summed E-state index contributed by atoms with van der Waals surface area (Å²) in [6.45, 7) is 2.81. The molecule has 6 nitrogen and oxygen atoms in total. The summed E-state index contributed by atoms with van der Waals surface area (Å²) >= 11 is 1.39. The summed E-state index contributed by atoms with van der Waals surface area (Å²) in [6.07, 6.45) is 3.56. The predicted octanol–water partition coefficient (Wildman–Crippen LogP) is 5.44. The van der Waals surface area contributed by atoms with Crippen LogP contribution in [0.5, 0.6) is 5.75 Å². The van der Waals surface area contributed by atoms with Gasteiger partial charge in [0.05, 0.1) is 18.6 Å². The van der Waals surface area contributed by atoms with E-state index in [0.29, 0.717) is 12.3 Å². The van der Waals surface area contributed by atoms with Crippen LogP contribution < -0.4 is 15.4 Å². The Balaban J connectivity index is 1.47. The Kier molecular flexibility index (Phi) is 7.97. The molecular formula is C23H24N2O4S. The van der Waals surface area contributed by atoms with Crippen molar-refractivity contribution >= 4 is 35.0 Å². The van der Waals surface area contributed by atoms with Crippen LogP contribution in [0.1, 0.15) is 30.3 Å². The number of hydrogen-bond acceptors (Lipinski definition) is 5. The molecule has 0 fully saturated rings. The molecule has 0 bridgehead atoms. The van der Waals surface area contributed by atoms with Gasteiger partial charge in [0, 0.05) is 16.3 Å². The highest BCUT2D eigenvalue weighted by atomic mass is 32.2. The fourth-order valence-electron chi connectivity index (χ4n) is 2.58. The molecule has 1 heterocycles. The zero-order valence-electron chi connectivity index (χ0n) is 16.7. The van der Waals surface area contributed by atoms with E-state index in [9.17, 15) is 9.59 Å². The number of nitrogens with one attached hydrogen (secondary N) is 2. The van der Waals surface area contributed by atoms with Crippen molar-refractivity contribution in [2.45, 2.75) is 24.7 Å². The average Bonchev–Trinajstić information content (AvgIpc) is 3.29. The molecule has 2 N–H and O–H groups in total. The molecule has 0 aliphatic heterocycles. The second-order valence-corrected chi connectivity index (χ2v) is 7.57. The molecule has 1 aromatic heterocycles. The molecule has 7 heteroatoms. The van der Waals surface area contributed by atoms with Gasteiger partial charge in [-0.3, -0.25) is 9.59 Å². The minimum absolute atomic E-state index is 0.107. The molecule has 0 spiro atoms. The second-order valence-electron chi connectivity index (χ2n) is 6.52. The first kappa shape index (κ1) is 21.5. The molecule has 0 aliphatic rings. The Morgan fingerprint density at radius 3 is 2.57 bits per heavy atom. The van der Waals surface area contributed by atoms with Gasteiger partial charge < -0.3 is 19.8 Å². The highest BCUT2D eigenvalue weighted by molar-refractivity contribution is 8.00. The van der Waals surface area contributed by atoms with Crippen molar-refractivity contribution in [1.82, 2.24) is 0 Å². The summed E-state index contributed by atoms with van der Waals surface area (Å²) in [5.41, 5.74) is 1.36. The van der Waals surface area contributed by atoms with Crippen LogP contribution in [-0.4, -0.2) is 24.2 Å². The quantitative estimate of drug-likeness (QED) is 0.334. The van der Waals surface area contributed by atoms with Gasteiger partial charge in [-0.15, -0.1) is 11.8 Å². The molecule has 0 aliphatic carbocycles. The van der Waals surface area contributed by atoms with Crippen LogP contribution in [0, 0.1) is 0 Å². The Morgan fingerprint density at radius 2 is 1.83 bits per heavy atom. The van der Waals surface area contributed by atoms with Crippen molar-refractivity contribution in [2.24, 2.45) is 0 Å². The fourth-order valence-corrected chi connectivity index (χ4v) is 3.33. The van der Waals surface area contributed by atoms with E-state index in [2.05, 4.69) is 17.6 Å². The van der Waals surface area contributed by atoms with Crippen molar-refractivity contribution in [2.75, 3.05) is 23.0 Å². The number of unbranched alkanes of at least 4 members (excludes halogenated alkanes) is 1. The largest absolute Gasteiger partial charge is 0.494 e. The van der Waals surface area contributed by atoms with Gasteiger partial charge in [0.2, 0.25) is 5.91 Å². The average molecular weight is 425 g/mol. The summed E-state index contributed by atoms with van der Waals surface area (Å²) in [6, 6.07) is 17.9. The van der Waals surface area contributed by atoms with E-state index in [1.165, 1.54) is 18.0 Å². The molecule has 2 amide bonds. The van der Waals surface area contributed by atoms with Crippen LogP contribution in [0.2, 0.25) is 0 Å². The second kappa shape index (κ2) is 11.1. The van der Waals surface area contributed by atoms with Gasteiger partial charge in [0.25, 0.3) is 5.91 Å². The fraction of sp³-hybridized carbons (Fsp3) is 0.217. The van der Waals surface area contributed by atoms with Crippen molar-refractivity contribution in [3.8, 4) is 5.75 Å². The molecule has 2 aromatic carbocycles. The van der Waals surface area contributed by atoms with E-state index in [1.807, 2.05) is 42.5 Å². The van der Waals surface area contributed by atoms with E-state index < -0.39 is 0 Å². The first-order valence-electron chi connectivity index (χ1n) is 9.74. The van der Waals surface area contributed by atoms with Crippen molar-refractivity contribution < 1.29 is 18.7 Å². The van der Waals surface area contributed by atoms with Gasteiger partial charge in [-0.25, -0.2) is 0 Å². The molecule has 30 heavy (non-hydrogen) atoms. The lowest BCUT2D eigenvalue weighted by Crippen LogP contribution is -2.14. The first-order valence-corrected chi connectivity index (χ1v) is 10.7. The van der Waals surface area contributed by atoms with E-state index >= 15 is 0 Å². The number of amides is 2. The standard InChI is InChI=1S/C23H24N2O4S/c1-2-3-13-28-19-11-9-17(10-12-19)24-22(26)16-30-20-7-4-6-18(15-20)25-23(27)21-8-5-14-29-21/h4-12,14-15H,2-3,13,16H2,1H3,(H,24,26)(H,25,27).